The van der Waals surface area contributed by atoms with Crippen molar-refractivity contribution < 1.29 is 14.0 Å². The number of halogens is 2. The lowest BCUT2D eigenvalue weighted by Gasteiger charge is -2.22. The van der Waals surface area contributed by atoms with Gasteiger partial charge in [0.15, 0.2) is 0 Å². The van der Waals surface area contributed by atoms with E-state index in [1.165, 1.54) is 24.3 Å². The summed E-state index contributed by atoms with van der Waals surface area (Å²) in [4.78, 5) is 28.9. The van der Waals surface area contributed by atoms with Crippen LogP contribution in [0.15, 0.2) is 46.9 Å². The Morgan fingerprint density at radius 3 is 2.00 bits per heavy atom. The Balaban J connectivity index is 1.67. The maximum Gasteiger partial charge on any atom is 0.253 e. The van der Waals surface area contributed by atoms with Gasteiger partial charge in [0, 0.05) is 41.8 Å². The summed E-state index contributed by atoms with van der Waals surface area (Å²) in [6.45, 7) is 4.12. The molecule has 3 rings (SSSR count). The van der Waals surface area contributed by atoms with Crippen LogP contribution in [0.4, 0.5) is 4.39 Å². The van der Waals surface area contributed by atoms with Crippen molar-refractivity contribution in [2.24, 2.45) is 0 Å². The maximum atomic E-state index is 13.0. The van der Waals surface area contributed by atoms with Gasteiger partial charge in [-0.15, -0.1) is 0 Å². The van der Waals surface area contributed by atoms with Gasteiger partial charge in [0.25, 0.3) is 11.8 Å². The van der Waals surface area contributed by atoms with Crippen molar-refractivity contribution in [3.63, 3.8) is 0 Å². The topological polar surface area (TPSA) is 40.6 Å². The van der Waals surface area contributed by atoms with Gasteiger partial charge in [-0.3, -0.25) is 9.59 Å². The van der Waals surface area contributed by atoms with Gasteiger partial charge < -0.3 is 9.80 Å². The van der Waals surface area contributed by atoms with E-state index in [1.54, 1.807) is 9.80 Å². The van der Waals surface area contributed by atoms with Crippen LogP contribution in [0.3, 0.4) is 0 Å². The van der Waals surface area contributed by atoms with E-state index in [0.29, 0.717) is 43.7 Å². The van der Waals surface area contributed by atoms with Crippen molar-refractivity contribution in [2.75, 3.05) is 26.2 Å². The van der Waals surface area contributed by atoms with Crippen LogP contribution in [0.25, 0.3) is 0 Å². The molecule has 26 heavy (non-hydrogen) atoms. The number of hydrogen-bond acceptors (Lipinski definition) is 2. The number of carbonyl (C=O) groups is 2. The Kier molecular flexibility index (Phi) is 5.71. The fourth-order valence-electron chi connectivity index (χ4n) is 3.01. The van der Waals surface area contributed by atoms with E-state index < -0.39 is 0 Å². The molecule has 0 aliphatic carbocycles. The highest BCUT2D eigenvalue weighted by atomic mass is 79.9. The second-order valence-corrected chi connectivity index (χ2v) is 7.26. The molecule has 1 aliphatic heterocycles. The molecule has 1 fully saturated rings. The molecule has 0 spiro atoms. The fraction of sp³-hybridized carbons (Fsp3) is 0.300. The molecule has 6 heteroatoms. The first-order chi connectivity index (χ1) is 12.5. The molecule has 136 valence electrons. The highest BCUT2D eigenvalue weighted by Gasteiger charge is 2.23. The Morgan fingerprint density at radius 1 is 0.885 bits per heavy atom. The molecule has 0 N–H and O–H groups in total. The van der Waals surface area contributed by atoms with E-state index in [9.17, 15) is 14.0 Å². The summed E-state index contributed by atoms with van der Waals surface area (Å²) in [5.74, 6) is -0.516. The average Bonchev–Trinajstić information content (AvgIpc) is 2.89. The molecule has 1 aliphatic rings. The normalized spacial score (nSPS) is 14.9. The lowest BCUT2D eigenvalue weighted by atomic mass is 10.1. The van der Waals surface area contributed by atoms with Crippen molar-refractivity contribution in [2.45, 2.75) is 13.3 Å². The molecule has 2 amide bonds. The predicted molar refractivity (Wildman–Crippen MR) is 102 cm³/mol. The smallest absolute Gasteiger partial charge is 0.253 e. The van der Waals surface area contributed by atoms with Gasteiger partial charge in [0.2, 0.25) is 0 Å². The van der Waals surface area contributed by atoms with E-state index in [-0.39, 0.29) is 17.6 Å². The van der Waals surface area contributed by atoms with Crippen LogP contribution in [0, 0.1) is 12.7 Å². The number of amides is 2. The summed E-state index contributed by atoms with van der Waals surface area (Å²) < 4.78 is 13.9. The Hall–Kier alpha value is -2.21. The molecule has 0 radical (unpaired) electrons. The van der Waals surface area contributed by atoms with Crippen LogP contribution in [-0.4, -0.2) is 47.8 Å². The van der Waals surface area contributed by atoms with Gasteiger partial charge in [0.1, 0.15) is 5.82 Å². The fourth-order valence-corrected chi connectivity index (χ4v) is 3.39. The number of aryl methyl sites for hydroxylation is 1. The number of rotatable bonds is 2. The molecule has 0 atom stereocenters. The van der Waals surface area contributed by atoms with E-state index >= 15 is 0 Å². The first-order valence-corrected chi connectivity index (χ1v) is 9.35. The van der Waals surface area contributed by atoms with Crippen LogP contribution in [-0.2, 0) is 0 Å². The quantitative estimate of drug-likeness (QED) is 0.742. The van der Waals surface area contributed by atoms with Gasteiger partial charge in [-0.05, 0) is 55.3 Å². The first kappa shape index (κ1) is 18.6. The third-order valence-corrected chi connectivity index (χ3v) is 5.43. The SMILES string of the molecule is Cc1ccc(C(=O)N2CCCN(C(=O)c3ccc(F)cc3)CC2)cc1Br. The molecule has 1 heterocycles. The highest BCUT2D eigenvalue weighted by Crippen LogP contribution is 2.19. The zero-order valence-corrected chi connectivity index (χ0v) is 16.1. The third kappa shape index (κ3) is 4.12. The van der Waals surface area contributed by atoms with Crippen molar-refractivity contribution >= 4 is 27.7 Å². The summed E-state index contributed by atoms with van der Waals surface area (Å²) in [5.41, 5.74) is 2.18. The number of carbonyl (C=O) groups excluding carboxylic acids is 2. The summed E-state index contributed by atoms with van der Waals surface area (Å²) in [5, 5.41) is 0. The summed E-state index contributed by atoms with van der Waals surface area (Å²) in [7, 11) is 0. The Bertz CT molecular complexity index is 823. The minimum absolute atomic E-state index is 0.0261. The zero-order valence-electron chi connectivity index (χ0n) is 14.5. The van der Waals surface area contributed by atoms with Crippen molar-refractivity contribution in [1.29, 1.82) is 0 Å². The molecule has 4 nitrogen and oxygen atoms in total. The molecule has 0 bridgehead atoms. The second-order valence-electron chi connectivity index (χ2n) is 6.41. The number of nitrogens with zero attached hydrogens (tertiary/aromatic N) is 2. The molecular formula is C20H20BrFN2O2. The van der Waals surface area contributed by atoms with Crippen LogP contribution in [0.5, 0.6) is 0 Å². The molecule has 1 saturated heterocycles. The van der Waals surface area contributed by atoms with E-state index in [4.69, 9.17) is 0 Å². The van der Waals surface area contributed by atoms with Crippen LogP contribution in [0.1, 0.15) is 32.7 Å². The highest BCUT2D eigenvalue weighted by molar-refractivity contribution is 9.10. The monoisotopic (exact) mass is 418 g/mol. The number of hydrogen-bond donors (Lipinski definition) is 0. The molecule has 2 aromatic carbocycles. The standard InChI is InChI=1S/C20H20BrFN2O2/c1-14-3-4-16(13-18(14)21)20(26)24-10-2-9-23(11-12-24)19(25)15-5-7-17(22)8-6-15/h3-8,13H,2,9-12H2,1H3. The Labute approximate surface area is 160 Å². The third-order valence-electron chi connectivity index (χ3n) is 4.58. The zero-order chi connectivity index (χ0) is 18.7. The van der Waals surface area contributed by atoms with Crippen LogP contribution < -0.4 is 0 Å². The van der Waals surface area contributed by atoms with Gasteiger partial charge >= 0.3 is 0 Å². The van der Waals surface area contributed by atoms with Crippen LogP contribution >= 0.6 is 15.9 Å². The van der Waals surface area contributed by atoms with Crippen molar-refractivity contribution in [1.82, 2.24) is 9.80 Å². The summed E-state index contributed by atoms with van der Waals surface area (Å²) in [6.07, 6.45) is 0.714. The van der Waals surface area contributed by atoms with Crippen LogP contribution in [0.2, 0.25) is 0 Å². The minimum atomic E-state index is -0.363. The van der Waals surface area contributed by atoms with E-state index in [1.807, 2.05) is 25.1 Å². The average molecular weight is 419 g/mol. The van der Waals surface area contributed by atoms with Gasteiger partial charge in [-0.2, -0.15) is 0 Å². The van der Waals surface area contributed by atoms with Crippen molar-refractivity contribution in [3.8, 4) is 0 Å². The van der Waals surface area contributed by atoms with Crippen molar-refractivity contribution in [3.05, 3.63) is 69.4 Å². The first-order valence-electron chi connectivity index (χ1n) is 8.56. The largest absolute Gasteiger partial charge is 0.337 e. The van der Waals surface area contributed by atoms with Gasteiger partial charge in [-0.1, -0.05) is 22.0 Å². The molecule has 0 saturated carbocycles. The summed E-state index contributed by atoms with van der Waals surface area (Å²) in [6, 6.07) is 11.1. The molecule has 0 aromatic heterocycles. The molecule has 0 unspecified atom stereocenters. The van der Waals surface area contributed by atoms with E-state index in [0.717, 1.165) is 10.0 Å². The Morgan fingerprint density at radius 2 is 1.42 bits per heavy atom. The minimum Gasteiger partial charge on any atom is -0.337 e. The molecular weight excluding hydrogens is 399 g/mol. The lowest BCUT2D eigenvalue weighted by Crippen LogP contribution is -2.37. The predicted octanol–water partition coefficient (Wildman–Crippen LogP) is 3.88. The number of benzene rings is 2. The summed E-state index contributed by atoms with van der Waals surface area (Å²) >= 11 is 3.46. The van der Waals surface area contributed by atoms with E-state index in [2.05, 4.69) is 15.9 Å². The maximum absolute atomic E-state index is 13.0. The van der Waals surface area contributed by atoms with Gasteiger partial charge in [0.05, 0.1) is 0 Å². The van der Waals surface area contributed by atoms with Gasteiger partial charge in [-0.25, -0.2) is 4.39 Å². The molecule has 2 aromatic rings. The lowest BCUT2D eigenvalue weighted by molar-refractivity contribution is 0.0718. The second kappa shape index (κ2) is 7.99.